The number of nitrogens with zero attached hydrogens (tertiary/aromatic N) is 1. The van der Waals surface area contributed by atoms with Crippen molar-refractivity contribution in [3.8, 4) is 0 Å². The quantitative estimate of drug-likeness (QED) is 0.522. The van der Waals surface area contributed by atoms with Gasteiger partial charge < -0.3 is 10.2 Å². The van der Waals surface area contributed by atoms with Crippen molar-refractivity contribution in [2.75, 3.05) is 27.2 Å². The average molecular weight is 126 g/mol. The highest BCUT2D eigenvalue weighted by Crippen LogP contribution is 2.44. The molecule has 2 fully saturated rings. The zero-order chi connectivity index (χ0) is 6.43. The van der Waals surface area contributed by atoms with Crippen LogP contribution in [0.25, 0.3) is 0 Å². The van der Waals surface area contributed by atoms with Crippen LogP contribution in [0.3, 0.4) is 0 Å². The van der Waals surface area contributed by atoms with Gasteiger partial charge in [0.1, 0.15) is 0 Å². The Kier molecular flexibility index (Phi) is 1.08. The first-order valence-electron chi connectivity index (χ1n) is 3.68. The Morgan fingerprint density at radius 2 is 1.89 bits per heavy atom. The van der Waals surface area contributed by atoms with Gasteiger partial charge in [-0.15, -0.1) is 0 Å². The SMILES string of the molecule is CNC1C2CN(C)CC21. The molecule has 0 aromatic heterocycles. The Labute approximate surface area is 56.2 Å². The zero-order valence-corrected chi connectivity index (χ0v) is 6.09. The standard InChI is InChI=1S/C7H14N2/c1-8-7-5-3-9(2)4-6(5)7/h5-8H,3-4H2,1-2H3. The minimum absolute atomic E-state index is 0.862. The second-order valence-electron chi connectivity index (χ2n) is 3.36. The molecule has 1 aliphatic heterocycles. The van der Waals surface area contributed by atoms with E-state index in [1.165, 1.54) is 13.1 Å². The molecular formula is C7H14N2. The van der Waals surface area contributed by atoms with E-state index in [9.17, 15) is 0 Å². The summed E-state index contributed by atoms with van der Waals surface area (Å²) in [6.07, 6.45) is 0. The number of fused-ring (bicyclic) bond motifs is 1. The molecule has 1 aliphatic carbocycles. The van der Waals surface area contributed by atoms with Crippen LogP contribution in [0.5, 0.6) is 0 Å². The summed E-state index contributed by atoms with van der Waals surface area (Å²) in [5.74, 6) is 1.97. The first-order valence-corrected chi connectivity index (χ1v) is 3.68. The number of rotatable bonds is 1. The molecule has 0 amide bonds. The molecule has 0 aromatic rings. The van der Waals surface area contributed by atoms with Crippen molar-refractivity contribution in [3.63, 3.8) is 0 Å². The summed E-state index contributed by atoms with van der Waals surface area (Å²) in [7, 11) is 4.28. The van der Waals surface area contributed by atoms with E-state index in [1.54, 1.807) is 0 Å². The zero-order valence-electron chi connectivity index (χ0n) is 6.09. The molecule has 2 aliphatic rings. The minimum atomic E-state index is 0.862. The lowest BCUT2D eigenvalue weighted by Crippen LogP contribution is -2.26. The topological polar surface area (TPSA) is 15.3 Å². The highest BCUT2D eigenvalue weighted by molar-refractivity contribution is 5.08. The lowest BCUT2D eigenvalue weighted by Gasteiger charge is -2.11. The maximum absolute atomic E-state index is 3.33. The van der Waals surface area contributed by atoms with Gasteiger partial charge in [0.15, 0.2) is 0 Å². The lowest BCUT2D eigenvalue weighted by atomic mass is 10.4. The molecular weight excluding hydrogens is 112 g/mol. The van der Waals surface area contributed by atoms with Gasteiger partial charge in [-0.2, -0.15) is 0 Å². The van der Waals surface area contributed by atoms with E-state index in [-0.39, 0.29) is 0 Å². The minimum Gasteiger partial charge on any atom is -0.316 e. The predicted octanol–water partition coefficient (Wildman–Crippen LogP) is -0.234. The predicted molar refractivity (Wildman–Crippen MR) is 37.3 cm³/mol. The van der Waals surface area contributed by atoms with Crippen LogP contribution in [-0.2, 0) is 0 Å². The summed E-state index contributed by atoms with van der Waals surface area (Å²) >= 11 is 0. The Morgan fingerprint density at radius 3 is 2.33 bits per heavy atom. The molecule has 1 N–H and O–H groups in total. The summed E-state index contributed by atoms with van der Waals surface area (Å²) in [4.78, 5) is 2.42. The van der Waals surface area contributed by atoms with E-state index in [0.717, 1.165) is 17.9 Å². The van der Waals surface area contributed by atoms with E-state index >= 15 is 0 Å². The lowest BCUT2D eigenvalue weighted by molar-refractivity contribution is 0.353. The van der Waals surface area contributed by atoms with Crippen LogP contribution in [0.4, 0.5) is 0 Å². The Balaban J connectivity index is 1.91. The number of hydrogen-bond acceptors (Lipinski definition) is 2. The highest BCUT2D eigenvalue weighted by Gasteiger charge is 2.53. The van der Waals surface area contributed by atoms with Gasteiger partial charge in [-0.3, -0.25) is 0 Å². The van der Waals surface area contributed by atoms with Gasteiger partial charge in [0, 0.05) is 19.1 Å². The summed E-state index contributed by atoms with van der Waals surface area (Å²) in [5, 5.41) is 3.33. The molecule has 2 atom stereocenters. The fourth-order valence-electron chi connectivity index (χ4n) is 2.17. The van der Waals surface area contributed by atoms with Crippen LogP contribution in [0.1, 0.15) is 0 Å². The molecule has 2 unspecified atom stereocenters. The molecule has 0 spiro atoms. The van der Waals surface area contributed by atoms with Gasteiger partial charge >= 0.3 is 0 Å². The van der Waals surface area contributed by atoms with E-state index in [4.69, 9.17) is 0 Å². The summed E-state index contributed by atoms with van der Waals surface area (Å²) < 4.78 is 0. The average Bonchev–Trinajstić information content (AvgIpc) is 2.30. The van der Waals surface area contributed by atoms with Crippen LogP contribution in [0.15, 0.2) is 0 Å². The molecule has 9 heavy (non-hydrogen) atoms. The second-order valence-corrected chi connectivity index (χ2v) is 3.36. The van der Waals surface area contributed by atoms with Gasteiger partial charge in [0.05, 0.1) is 0 Å². The molecule has 1 saturated heterocycles. The number of hydrogen-bond donors (Lipinski definition) is 1. The van der Waals surface area contributed by atoms with E-state index in [1.807, 2.05) is 0 Å². The van der Waals surface area contributed by atoms with Crippen LogP contribution in [0.2, 0.25) is 0 Å². The van der Waals surface area contributed by atoms with Gasteiger partial charge in [-0.05, 0) is 25.9 Å². The third-order valence-corrected chi connectivity index (χ3v) is 2.71. The fourth-order valence-corrected chi connectivity index (χ4v) is 2.17. The number of likely N-dealkylation sites (tertiary alicyclic amines) is 1. The molecule has 0 aromatic carbocycles. The van der Waals surface area contributed by atoms with Crippen molar-refractivity contribution < 1.29 is 0 Å². The van der Waals surface area contributed by atoms with Crippen molar-refractivity contribution in [2.45, 2.75) is 6.04 Å². The summed E-state index contributed by atoms with van der Waals surface area (Å²) in [6, 6.07) is 0.862. The number of piperidine rings is 1. The van der Waals surface area contributed by atoms with Crippen LogP contribution >= 0.6 is 0 Å². The van der Waals surface area contributed by atoms with Crippen molar-refractivity contribution in [1.82, 2.24) is 10.2 Å². The molecule has 1 heterocycles. The van der Waals surface area contributed by atoms with Gasteiger partial charge in [-0.25, -0.2) is 0 Å². The maximum atomic E-state index is 3.33. The second kappa shape index (κ2) is 1.70. The first kappa shape index (κ1) is 5.69. The van der Waals surface area contributed by atoms with E-state index in [0.29, 0.717) is 0 Å². The van der Waals surface area contributed by atoms with Crippen LogP contribution in [-0.4, -0.2) is 38.1 Å². The molecule has 0 radical (unpaired) electrons. The van der Waals surface area contributed by atoms with Crippen molar-refractivity contribution >= 4 is 0 Å². The molecule has 2 heteroatoms. The molecule has 1 saturated carbocycles. The van der Waals surface area contributed by atoms with Gasteiger partial charge in [0.25, 0.3) is 0 Å². The van der Waals surface area contributed by atoms with Gasteiger partial charge in [0.2, 0.25) is 0 Å². The molecule has 2 nitrogen and oxygen atoms in total. The normalized spacial score (nSPS) is 49.3. The summed E-state index contributed by atoms with van der Waals surface area (Å²) in [5.41, 5.74) is 0. The first-order chi connectivity index (χ1) is 4.33. The van der Waals surface area contributed by atoms with Gasteiger partial charge in [-0.1, -0.05) is 0 Å². The van der Waals surface area contributed by atoms with Crippen molar-refractivity contribution in [1.29, 1.82) is 0 Å². The Morgan fingerprint density at radius 1 is 1.33 bits per heavy atom. The van der Waals surface area contributed by atoms with Crippen LogP contribution in [0, 0.1) is 11.8 Å². The molecule has 2 rings (SSSR count). The highest BCUT2D eigenvalue weighted by atomic mass is 15.2. The maximum Gasteiger partial charge on any atom is 0.0152 e. The fraction of sp³-hybridized carbons (Fsp3) is 1.00. The van der Waals surface area contributed by atoms with Crippen LogP contribution < -0.4 is 5.32 Å². The van der Waals surface area contributed by atoms with Crippen molar-refractivity contribution in [3.05, 3.63) is 0 Å². The Hall–Kier alpha value is -0.0800. The monoisotopic (exact) mass is 126 g/mol. The molecule has 52 valence electrons. The Bertz CT molecular complexity index is 112. The largest absolute Gasteiger partial charge is 0.316 e. The smallest absolute Gasteiger partial charge is 0.0152 e. The van der Waals surface area contributed by atoms with Crippen molar-refractivity contribution in [2.24, 2.45) is 11.8 Å². The summed E-state index contributed by atoms with van der Waals surface area (Å²) in [6.45, 7) is 2.63. The molecule has 0 bridgehead atoms. The van der Waals surface area contributed by atoms with E-state index in [2.05, 4.69) is 24.3 Å². The third-order valence-electron chi connectivity index (χ3n) is 2.71. The third kappa shape index (κ3) is 0.700. The van der Waals surface area contributed by atoms with E-state index < -0.39 is 0 Å². The number of nitrogens with one attached hydrogen (secondary N) is 1.